The van der Waals surface area contributed by atoms with E-state index in [0.29, 0.717) is 42.8 Å². The summed E-state index contributed by atoms with van der Waals surface area (Å²) in [4.78, 5) is 11.3. The molecule has 1 N–H and O–H groups in total. The Morgan fingerprint density at radius 1 is 1.41 bits per heavy atom. The minimum absolute atomic E-state index is 0.0402. The summed E-state index contributed by atoms with van der Waals surface area (Å²) in [6.45, 7) is 3.06. The highest BCUT2D eigenvalue weighted by Crippen LogP contribution is 2.38. The van der Waals surface area contributed by atoms with E-state index in [4.69, 9.17) is 4.74 Å². The van der Waals surface area contributed by atoms with E-state index in [1.807, 2.05) is 0 Å². The number of carboxylic acids is 1. The van der Waals surface area contributed by atoms with Gasteiger partial charge in [-0.3, -0.25) is 4.31 Å². The molecule has 0 aromatic heterocycles. The van der Waals surface area contributed by atoms with Gasteiger partial charge in [-0.2, -0.15) is 0 Å². The van der Waals surface area contributed by atoms with Crippen molar-refractivity contribution in [2.75, 3.05) is 23.2 Å². The number of aromatic carboxylic acids is 1. The fourth-order valence-corrected chi connectivity index (χ4v) is 4.25. The lowest BCUT2D eigenvalue weighted by Crippen LogP contribution is -2.25. The van der Waals surface area contributed by atoms with Crippen molar-refractivity contribution in [3.63, 3.8) is 0 Å². The summed E-state index contributed by atoms with van der Waals surface area (Å²) in [5, 5.41) is 9.21. The van der Waals surface area contributed by atoms with E-state index in [9.17, 15) is 18.3 Å². The van der Waals surface area contributed by atoms with E-state index in [0.717, 1.165) is 6.42 Å². The highest BCUT2D eigenvalue weighted by Gasteiger charge is 2.33. The Kier molecular flexibility index (Phi) is 3.76. The van der Waals surface area contributed by atoms with E-state index < -0.39 is 16.0 Å². The monoisotopic (exact) mass is 325 g/mol. The van der Waals surface area contributed by atoms with Crippen LogP contribution in [0.5, 0.6) is 5.75 Å². The van der Waals surface area contributed by atoms with Gasteiger partial charge in [-0.15, -0.1) is 0 Å². The molecule has 2 atom stereocenters. The number of anilines is 1. The van der Waals surface area contributed by atoms with Gasteiger partial charge in [-0.05, 0) is 36.8 Å². The van der Waals surface area contributed by atoms with Crippen LogP contribution in [0.3, 0.4) is 0 Å². The van der Waals surface area contributed by atoms with Gasteiger partial charge in [0.1, 0.15) is 5.75 Å². The number of rotatable bonds is 5. The Morgan fingerprint density at radius 2 is 2.14 bits per heavy atom. The predicted octanol–water partition coefficient (Wildman–Crippen LogP) is 1.96. The maximum absolute atomic E-state index is 12.0. The first kappa shape index (κ1) is 15.1. The second kappa shape index (κ2) is 5.46. The lowest BCUT2D eigenvalue weighted by Gasteiger charge is -2.18. The molecule has 2 unspecified atom stereocenters. The van der Waals surface area contributed by atoms with Crippen molar-refractivity contribution in [2.45, 2.75) is 19.8 Å². The van der Waals surface area contributed by atoms with Gasteiger partial charge in [0.2, 0.25) is 10.0 Å². The number of benzene rings is 1. The number of ether oxygens (including phenoxy) is 1. The van der Waals surface area contributed by atoms with E-state index >= 15 is 0 Å². The fourth-order valence-electron chi connectivity index (χ4n) is 2.70. The van der Waals surface area contributed by atoms with Crippen molar-refractivity contribution >= 4 is 21.7 Å². The van der Waals surface area contributed by atoms with Crippen LogP contribution in [0, 0.1) is 11.8 Å². The average molecular weight is 325 g/mol. The third kappa shape index (κ3) is 3.04. The summed E-state index contributed by atoms with van der Waals surface area (Å²) in [5.74, 6) is 0.563. The van der Waals surface area contributed by atoms with E-state index in [1.54, 1.807) is 6.07 Å². The highest BCUT2D eigenvalue weighted by atomic mass is 32.2. The third-order valence-electron chi connectivity index (χ3n) is 4.27. The van der Waals surface area contributed by atoms with Gasteiger partial charge in [0, 0.05) is 12.6 Å². The summed E-state index contributed by atoms with van der Waals surface area (Å²) in [7, 11) is -3.34. The first-order chi connectivity index (χ1) is 10.4. The van der Waals surface area contributed by atoms with Crippen LogP contribution in [0.4, 0.5) is 5.69 Å². The number of carboxylic acid groups (broad SMARTS) is 1. The molecule has 7 heteroatoms. The topological polar surface area (TPSA) is 83.9 Å². The van der Waals surface area contributed by atoms with Gasteiger partial charge in [0.15, 0.2) is 0 Å². The summed E-state index contributed by atoms with van der Waals surface area (Å²) < 4.78 is 31.0. The molecular formula is C15H19NO5S. The number of sulfonamides is 1. The maximum atomic E-state index is 12.0. The smallest absolute Gasteiger partial charge is 0.335 e. The quantitative estimate of drug-likeness (QED) is 0.894. The van der Waals surface area contributed by atoms with Gasteiger partial charge in [0.05, 0.1) is 23.6 Å². The Hall–Kier alpha value is -1.76. The molecule has 1 saturated heterocycles. The van der Waals surface area contributed by atoms with E-state index in [2.05, 4.69) is 6.92 Å². The Morgan fingerprint density at radius 3 is 2.68 bits per heavy atom. The highest BCUT2D eigenvalue weighted by molar-refractivity contribution is 7.93. The molecule has 0 spiro atoms. The molecule has 120 valence electrons. The van der Waals surface area contributed by atoms with Crippen molar-refractivity contribution in [3.05, 3.63) is 23.8 Å². The number of carbonyl (C=O) groups is 1. The maximum Gasteiger partial charge on any atom is 0.335 e. The molecule has 2 aliphatic rings. The molecule has 0 radical (unpaired) electrons. The summed E-state index contributed by atoms with van der Waals surface area (Å²) in [6.07, 6.45) is 1.67. The summed E-state index contributed by atoms with van der Waals surface area (Å²) in [5.41, 5.74) is 0.412. The zero-order chi connectivity index (χ0) is 15.9. The number of hydrogen-bond donors (Lipinski definition) is 1. The normalized spacial score (nSPS) is 26.0. The molecule has 2 fully saturated rings. The molecule has 0 amide bonds. The largest absolute Gasteiger partial charge is 0.493 e. The van der Waals surface area contributed by atoms with Crippen LogP contribution >= 0.6 is 0 Å². The Labute approximate surface area is 129 Å². The van der Waals surface area contributed by atoms with E-state index in [-0.39, 0.29) is 11.3 Å². The van der Waals surface area contributed by atoms with Gasteiger partial charge < -0.3 is 9.84 Å². The molecule has 1 aromatic rings. The SMILES string of the molecule is CC1CC1COc1cc(C(=O)O)cc(N2CCCS2(=O)=O)c1. The molecule has 1 aromatic carbocycles. The molecule has 3 rings (SSSR count). The second-order valence-corrected chi connectivity index (χ2v) is 8.06. The summed E-state index contributed by atoms with van der Waals surface area (Å²) >= 11 is 0. The lowest BCUT2D eigenvalue weighted by atomic mass is 10.2. The average Bonchev–Trinajstić information content (AvgIpc) is 3.04. The van der Waals surface area contributed by atoms with Gasteiger partial charge in [-0.1, -0.05) is 6.92 Å². The van der Waals surface area contributed by atoms with Crippen molar-refractivity contribution in [1.82, 2.24) is 0 Å². The van der Waals surface area contributed by atoms with Gasteiger partial charge in [-0.25, -0.2) is 13.2 Å². The molecule has 1 aliphatic heterocycles. The van der Waals surface area contributed by atoms with Crippen LogP contribution in [0.1, 0.15) is 30.1 Å². The van der Waals surface area contributed by atoms with Crippen LogP contribution < -0.4 is 9.04 Å². The molecule has 1 heterocycles. The third-order valence-corrected chi connectivity index (χ3v) is 6.14. The van der Waals surface area contributed by atoms with Crippen LogP contribution in [-0.2, 0) is 10.0 Å². The molecule has 6 nitrogen and oxygen atoms in total. The molecule has 1 saturated carbocycles. The zero-order valence-electron chi connectivity index (χ0n) is 12.4. The van der Waals surface area contributed by atoms with Crippen LogP contribution in [-0.4, -0.2) is 38.4 Å². The second-order valence-electron chi connectivity index (χ2n) is 6.05. The van der Waals surface area contributed by atoms with Crippen LogP contribution in [0.25, 0.3) is 0 Å². The van der Waals surface area contributed by atoms with Crippen LogP contribution in [0.15, 0.2) is 18.2 Å². The fraction of sp³-hybridized carbons (Fsp3) is 0.533. The first-order valence-corrected chi connectivity index (χ1v) is 8.99. The minimum atomic E-state index is -3.34. The van der Waals surface area contributed by atoms with Gasteiger partial charge in [0.25, 0.3) is 0 Å². The predicted molar refractivity (Wildman–Crippen MR) is 81.9 cm³/mol. The minimum Gasteiger partial charge on any atom is -0.493 e. The number of nitrogens with zero attached hydrogens (tertiary/aromatic N) is 1. The van der Waals surface area contributed by atoms with Crippen molar-refractivity contribution in [2.24, 2.45) is 11.8 Å². The molecular weight excluding hydrogens is 306 g/mol. The standard InChI is InChI=1S/C15H19NO5S/c1-10-5-12(10)9-21-14-7-11(15(17)18)6-13(8-14)16-3-2-4-22(16,19)20/h6-8,10,12H,2-5,9H2,1H3,(H,17,18). The molecule has 22 heavy (non-hydrogen) atoms. The Balaban J connectivity index is 1.88. The summed E-state index contributed by atoms with van der Waals surface area (Å²) in [6, 6.07) is 4.45. The lowest BCUT2D eigenvalue weighted by molar-refractivity contribution is 0.0696. The Bertz CT molecular complexity index is 700. The molecule has 0 bridgehead atoms. The number of hydrogen-bond acceptors (Lipinski definition) is 4. The van der Waals surface area contributed by atoms with Crippen molar-refractivity contribution in [1.29, 1.82) is 0 Å². The zero-order valence-corrected chi connectivity index (χ0v) is 13.2. The molecule has 1 aliphatic carbocycles. The van der Waals surface area contributed by atoms with Gasteiger partial charge >= 0.3 is 5.97 Å². The van der Waals surface area contributed by atoms with E-state index in [1.165, 1.54) is 16.4 Å². The van der Waals surface area contributed by atoms with Crippen molar-refractivity contribution < 1.29 is 23.1 Å². The van der Waals surface area contributed by atoms with Crippen molar-refractivity contribution in [3.8, 4) is 5.75 Å². The van der Waals surface area contributed by atoms with Crippen LogP contribution in [0.2, 0.25) is 0 Å². The first-order valence-electron chi connectivity index (χ1n) is 7.38.